The first kappa shape index (κ1) is 13.9. The standard InChI is InChI=1S/C13H28N2O/c1-3-5-6-7-14-8-9-15-10-11-16-12-13(15)4-2/h13-14H,3-12H2,1-2H3. The van der Waals surface area contributed by atoms with E-state index in [9.17, 15) is 0 Å². The first-order valence-corrected chi connectivity index (χ1v) is 6.91. The summed E-state index contributed by atoms with van der Waals surface area (Å²) in [5.74, 6) is 0. The van der Waals surface area contributed by atoms with Crippen LogP contribution in [-0.2, 0) is 4.74 Å². The Morgan fingerprint density at radius 2 is 2.12 bits per heavy atom. The van der Waals surface area contributed by atoms with Gasteiger partial charge in [0, 0.05) is 25.7 Å². The summed E-state index contributed by atoms with van der Waals surface area (Å²) in [6.45, 7) is 10.9. The van der Waals surface area contributed by atoms with E-state index >= 15 is 0 Å². The fourth-order valence-electron chi connectivity index (χ4n) is 2.21. The van der Waals surface area contributed by atoms with Crippen LogP contribution in [0.4, 0.5) is 0 Å². The summed E-state index contributed by atoms with van der Waals surface area (Å²) in [5.41, 5.74) is 0. The molecule has 1 unspecified atom stereocenters. The molecule has 0 amide bonds. The van der Waals surface area contributed by atoms with Crippen molar-refractivity contribution in [1.29, 1.82) is 0 Å². The number of hydrogen-bond donors (Lipinski definition) is 1. The zero-order valence-corrected chi connectivity index (χ0v) is 11.0. The molecule has 0 spiro atoms. The van der Waals surface area contributed by atoms with Crippen molar-refractivity contribution in [1.82, 2.24) is 10.2 Å². The van der Waals surface area contributed by atoms with Crippen LogP contribution < -0.4 is 5.32 Å². The predicted octanol–water partition coefficient (Wildman–Crippen LogP) is 1.88. The molecule has 3 nitrogen and oxygen atoms in total. The maximum absolute atomic E-state index is 5.50. The van der Waals surface area contributed by atoms with Gasteiger partial charge in [-0.05, 0) is 19.4 Å². The van der Waals surface area contributed by atoms with Gasteiger partial charge in [-0.2, -0.15) is 0 Å². The lowest BCUT2D eigenvalue weighted by Gasteiger charge is -2.35. The van der Waals surface area contributed by atoms with Crippen molar-refractivity contribution in [2.45, 2.75) is 45.6 Å². The zero-order chi connectivity index (χ0) is 11.6. The minimum atomic E-state index is 0.645. The molecule has 1 rings (SSSR count). The number of ether oxygens (including phenoxy) is 1. The van der Waals surface area contributed by atoms with Crippen LogP contribution >= 0.6 is 0 Å². The highest BCUT2D eigenvalue weighted by molar-refractivity contribution is 4.74. The number of nitrogens with zero attached hydrogens (tertiary/aromatic N) is 1. The van der Waals surface area contributed by atoms with Crippen molar-refractivity contribution in [3.8, 4) is 0 Å². The summed E-state index contributed by atoms with van der Waals surface area (Å²) in [5, 5.41) is 3.53. The van der Waals surface area contributed by atoms with Gasteiger partial charge in [-0.1, -0.05) is 26.7 Å². The van der Waals surface area contributed by atoms with Crippen LogP contribution in [0.25, 0.3) is 0 Å². The van der Waals surface area contributed by atoms with E-state index in [0.717, 1.165) is 26.3 Å². The van der Waals surface area contributed by atoms with Crippen LogP contribution in [0.3, 0.4) is 0 Å². The zero-order valence-electron chi connectivity index (χ0n) is 11.0. The van der Waals surface area contributed by atoms with Gasteiger partial charge in [0.15, 0.2) is 0 Å². The highest BCUT2D eigenvalue weighted by Crippen LogP contribution is 2.08. The highest BCUT2D eigenvalue weighted by atomic mass is 16.5. The van der Waals surface area contributed by atoms with Gasteiger partial charge in [-0.25, -0.2) is 0 Å². The molecule has 1 aliphatic rings. The maximum atomic E-state index is 5.50. The van der Waals surface area contributed by atoms with Gasteiger partial charge >= 0.3 is 0 Å². The minimum absolute atomic E-state index is 0.645. The van der Waals surface area contributed by atoms with Crippen molar-refractivity contribution in [2.24, 2.45) is 0 Å². The molecule has 1 fully saturated rings. The maximum Gasteiger partial charge on any atom is 0.0622 e. The van der Waals surface area contributed by atoms with Crippen molar-refractivity contribution < 1.29 is 4.74 Å². The second-order valence-corrected chi connectivity index (χ2v) is 4.63. The molecular formula is C13H28N2O. The molecule has 3 heteroatoms. The Morgan fingerprint density at radius 3 is 2.88 bits per heavy atom. The van der Waals surface area contributed by atoms with Gasteiger partial charge < -0.3 is 10.1 Å². The Labute approximate surface area is 101 Å². The topological polar surface area (TPSA) is 24.5 Å². The van der Waals surface area contributed by atoms with Crippen molar-refractivity contribution in [3.05, 3.63) is 0 Å². The Balaban J connectivity index is 2.02. The normalized spacial score (nSPS) is 22.5. The van der Waals surface area contributed by atoms with Gasteiger partial charge in [0.2, 0.25) is 0 Å². The number of morpholine rings is 1. The molecular weight excluding hydrogens is 200 g/mol. The minimum Gasteiger partial charge on any atom is -0.378 e. The lowest BCUT2D eigenvalue weighted by Crippen LogP contribution is -2.47. The summed E-state index contributed by atoms with van der Waals surface area (Å²) in [7, 11) is 0. The highest BCUT2D eigenvalue weighted by Gasteiger charge is 2.20. The molecule has 1 N–H and O–H groups in total. The number of hydrogen-bond acceptors (Lipinski definition) is 3. The molecule has 1 heterocycles. The van der Waals surface area contributed by atoms with Gasteiger partial charge in [0.1, 0.15) is 0 Å². The van der Waals surface area contributed by atoms with Crippen LogP contribution in [0.2, 0.25) is 0 Å². The molecule has 16 heavy (non-hydrogen) atoms. The molecule has 0 aromatic heterocycles. The van der Waals surface area contributed by atoms with Gasteiger partial charge in [0.05, 0.1) is 13.2 Å². The SMILES string of the molecule is CCCCCNCCN1CCOCC1CC. The summed E-state index contributed by atoms with van der Waals surface area (Å²) in [6, 6.07) is 0.645. The Bertz CT molecular complexity index is 164. The first-order chi connectivity index (χ1) is 7.88. The second kappa shape index (κ2) is 8.97. The second-order valence-electron chi connectivity index (χ2n) is 4.63. The monoisotopic (exact) mass is 228 g/mol. The summed E-state index contributed by atoms with van der Waals surface area (Å²) >= 11 is 0. The molecule has 0 saturated carbocycles. The Morgan fingerprint density at radius 1 is 1.25 bits per heavy atom. The summed E-state index contributed by atoms with van der Waals surface area (Å²) in [6.07, 6.45) is 5.18. The van der Waals surface area contributed by atoms with E-state index in [1.807, 2.05) is 0 Å². The summed E-state index contributed by atoms with van der Waals surface area (Å²) < 4.78 is 5.50. The molecule has 0 aromatic rings. The Hall–Kier alpha value is -0.120. The quantitative estimate of drug-likeness (QED) is 0.642. The van der Waals surface area contributed by atoms with Crippen LogP contribution in [0.1, 0.15) is 39.5 Å². The molecule has 96 valence electrons. The van der Waals surface area contributed by atoms with Crippen molar-refractivity contribution in [3.63, 3.8) is 0 Å². The predicted molar refractivity (Wildman–Crippen MR) is 68.9 cm³/mol. The van der Waals surface area contributed by atoms with Crippen molar-refractivity contribution >= 4 is 0 Å². The third-order valence-electron chi connectivity index (χ3n) is 3.35. The fraction of sp³-hybridized carbons (Fsp3) is 1.00. The molecule has 1 aliphatic heterocycles. The smallest absolute Gasteiger partial charge is 0.0622 e. The lowest BCUT2D eigenvalue weighted by atomic mass is 10.2. The van der Waals surface area contributed by atoms with Gasteiger partial charge in [-0.15, -0.1) is 0 Å². The third-order valence-corrected chi connectivity index (χ3v) is 3.35. The Kier molecular flexibility index (Phi) is 7.81. The van der Waals surface area contributed by atoms with E-state index in [0.29, 0.717) is 6.04 Å². The van der Waals surface area contributed by atoms with E-state index in [1.165, 1.54) is 38.8 Å². The number of unbranched alkanes of at least 4 members (excludes halogenated alkanes) is 2. The average Bonchev–Trinajstić information content (AvgIpc) is 2.34. The molecule has 1 saturated heterocycles. The third kappa shape index (κ3) is 5.28. The van der Waals surface area contributed by atoms with Crippen LogP contribution in [-0.4, -0.2) is 50.3 Å². The first-order valence-electron chi connectivity index (χ1n) is 6.91. The molecule has 0 aromatic carbocycles. The molecule has 0 aliphatic carbocycles. The van der Waals surface area contributed by atoms with E-state index in [4.69, 9.17) is 4.74 Å². The van der Waals surface area contributed by atoms with E-state index in [1.54, 1.807) is 0 Å². The van der Waals surface area contributed by atoms with Crippen molar-refractivity contribution in [2.75, 3.05) is 39.4 Å². The average molecular weight is 228 g/mol. The molecule has 0 bridgehead atoms. The van der Waals surface area contributed by atoms with Gasteiger partial charge in [-0.3, -0.25) is 4.90 Å². The molecule has 0 radical (unpaired) electrons. The van der Waals surface area contributed by atoms with Gasteiger partial charge in [0.25, 0.3) is 0 Å². The van der Waals surface area contributed by atoms with Crippen LogP contribution in [0.5, 0.6) is 0 Å². The van der Waals surface area contributed by atoms with Crippen LogP contribution in [0, 0.1) is 0 Å². The fourth-order valence-corrected chi connectivity index (χ4v) is 2.21. The number of nitrogens with one attached hydrogen (secondary N) is 1. The summed E-state index contributed by atoms with van der Waals surface area (Å²) in [4.78, 5) is 2.57. The number of rotatable bonds is 8. The van der Waals surface area contributed by atoms with E-state index < -0.39 is 0 Å². The largest absolute Gasteiger partial charge is 0.378 e. The molecule has 1 atom stereocenters. The van der Waals surface area contributed by atoms with Crippen LogP contribution in [0.15, 0.2) is 0 Å². The van der Waals surface area contributed by atoms with E-state index in [2.05, 4.69) is 24.1 Å². The van der Waals surface area contributed by atoms with E-state index in [-0.39, 0.29) is 0 Å². The lowest BCUT2D eigenvalue weighted by molar-refractivity contribution is -0.00781.